The van der Waals surface area contributed by atoms with Gasteiger partial charge in [0.2, 0.25) is 0 Å². The van der Waals surface area contributed by atoms with Gasteiger partial charge in [-0.25, -0.2) is 4.39 Å². The molecule has 0 heterocycles. The van der Waals surface area contributed by atoms with E-state index >= 15 is 0 Å². The van der Waals surface area contributed by atoms with Crippen molar-refractivity contribution in [3.8, 4) is 0 Å². The highest BCUT2D eigenvalue weighted by Gasteiger charge is 2.16. The zero-order chi connectivity index (χ0) is 13.3. The molecule has 0 radical (unpaired) electrons. The third-order valence-corrected chi connectivity index (χ3v) is 3.03. The van der Waals surface area contributed by atoms with Crippen LogP contribution in [0.4, 0.5) is 10.1 Å². The van der Waals surface area contributed by atoms with Crippen molar-refractivity contribution in [1.29, 1.82) is 0 Å². The third kappa shape index (κ3) is 2.12. The smallest absolute Gasteiger partial charge is 0.198 e. The number of carbonyl (C=O) groups is 1. The number of ketones is 1. The highest BCUT2D eigenvalue weighted by Crippen LogP contribution is 2.22. The van der Waals surface area contributed by atoms with E-state index in [9.17, 15) is 9.18 Å². The molecular formula is C15H14FNO. The highest BCUT2D eigenvalue weighted by atomic mass is 19.1. The standard InChI is InChI=1S/C15H14FNO/c1-9-7-12(14(17)8-10(9)2)15(18)11-5-3-4-6-13(11)16/h3-8H,17H2,1-2H3. The van der Waals surface area contributed by atoms with E-state index in [0.717, 1.165) is 11.1 Å². The molecule has 0 unspecified atom stereocenters. The molecular weight excluding hydrogens is 229 g/mol. The zero-order valence-electron chi connectivity index (χ0n) is 10.3. The number of hydrogen-bond acceptors (Lipinski definition) is 2. The van der Waals surface area contributed by atoms with Crippen molar-refractivity contribution < 1.29 is 9.18 Å². The predicted octanol–water partition coefficient (Wildman–Crippen LogP) is 3.26. The van der Waals surface area contributed by atoms with Crippen molar-refractivity contribution in [2.45, 2.75) is 13.8 Å². The van der Waals surface area contributed by atoms with Crippen LogP contribution < -0.4 is 5.73 Å². The minimum Gasteiger partial charge on any atom is -0.398 e. The molecule has 3 heteroatoms. The number of nitrogen functional groups attached to an aromatic ring is 1. The summed E-state index contributed by atoms with van der Waals surface area (Å²) >= 11 is 0. The Morgan fingerprint density at radius 3 is 2.33 bits per heavy atom. The van der Waals surface area contributed by atoms with Crippen LogP contribution in [0.1, 0.15) is 27.0 Å². The van der Waals surface area contributed by atoms with Gasteiger partial charge in [0, 0.05) is 11.3 Å². The Bertz CT molecular complexity index is 620. The fourth-order valence-corrected chi connectivity index (χ4v) is 1.83. The molecule has 0 bridgehead atoms. The number of rotatable bonds is 2. The number of nitrogens with two attached hydrogens (primary N) is 1. The van der Waals surface area contributed by atoms with Gasteiger partial charge in [-0.05, 0) is 49.2 Å². The number of anilines is 1. The first-order valence-corrected chi connectivity index (χ1v) is 5.66. The molecule has 0 saturated carbocycles. The van der Waals surface area contributed by atoms with Crippen LogP contribution in [0.2, 0.25) is 0 Å². The van der Waals surface area contributed by atoms with E-state index in [2.05, 4.69) is 0 Å². The zero-order valence-corrected chi connectivity index (χ0v) is 10.3. The summed E-state index contributed by atoms with van der Waals surface area (Å²) in [6, 6.07) is 9.36. The topological polar surface area (TPSA) is 43.1 Å². The monoisotopic (exact) mass is 243 g/mol. The van der Waals surface area contributed by atoms with E-state index in [4.69, 9.17) is 5.73 Å². The molecule has 2 aromatic carbocycles. The largest absolute Gasteiger partial charge is 0.398 e. The number of hydrogen-bond donors (Lipinski definition) is 1. The molecule has 0 saturated heterocycles. The molecule has 0 aliphatic heterocycles. The number of benzene rings is 2. The third-order valence-electron chi connectivity index (χ3n) is 3.03. The fraction of sp³-hybridized carbons (Fsp3) is 0.133. The lowest BCUT2D eigenvalue weighted by Gasteiger charge is -2.09. The Labute approximate surface area is 105 Å². The molecule has 2 N–H and O–H groups in total. The summed E-state index contributed by atoms with van der Waals surface area (Å²) in [6.07, 6.45) is 0. The van der Waals surface area contributed by atoms with E-state index < -0.39 is 5.82 Å². The molecule has 0 atom stereocenters. The molecule has 0 fully saturated rings. The van der Waals surface area contributed by atoms with Crippen molar-refractivity contribution >= 4 is 11.5 Å². The van der Waals surface area contributed by atoms with Gasteiger partial charge in [-0.2, -0.15) is 0 Å². The molecule has 0 aliphatic carbocycles. The SMILES string of the molecule is Cc1cc(N)c(C(=O)c2ccccc2F)cc1C. The van der Waals surface area contributed by atoms with Crippen molar-refractivity contribution in [2.75, 3.05) is 5.73 Å². The van der Waals surface area contributed by atoms with Crippen molar-refractivity contribution in [2.24, 2.45) is 0 Å². The summed E-state index contributed by atoms with van der Waals surface area (Å²) in [5.74, 6) is -0.908. The quantitative estimate of drug-likeness (QED) is 0.650. The van der Waals surface area contributed by atoms with Gasteiger partial charge in [-0.3, -0.25) is 4.79 Å². The Balaban J connectivity index is 2.53. The second kappa shape index (κ2) is 4.61. The van der Waals surface area contributed by atoms with Crippen molar-refractivity contribution in [3.05, 3.63) is 64.5 Å². The number of carbonyl (C=O) groups excluding carboxylic acids is 1. The average Bonchev–Trinajstić information content (AvgIpc) is 2.33. The summed E-state index contributed by atoms with van der Waals surface area (Å²) in [6.45, 7) is 3.82. The first kappa shape index (κ1) is 12.3. The molecule has 0 aliphatic rings. The van der Waals surface area contributed by atoms with Crippen LogP contribution in [-0.4, -0.2) is 5.78 Å². The maximum absolute atomic E-state index is 13.6. The van der Waals surface area contributed by atoms with Crippen LogP contribution >= 0.6 is 0 Å². The Morgan fingerprint density at radius 2 is 1.67 bits per heavy atom. The van der Waals surface area contributed by atoms with E-state index in [1.54, 1.807) is 24.3 Å². The van der Waals surface area contributed by atoms with Crippen molar-refractivity contribution in [1.82, 2.24) is 0 Å². The van der Waals surface area contributed by atoms with E-state index in [1.807, 2.05) is 13.8 Å². The van der Waals surface area contributed by atoms with Gasteiger partial charge < -0.3 is 5.73 Å². The van der Waals surface area contributed by atoms with Gasteiger partial charge >= 0.3 is 0 Å². The molecule has 0 aromatic heterocycles. The first-order chi connectivity index (χ1) is 8.50. The maximum Gasteiger partial charge on any atom is 0.198 e. The minimum atomic E-state index is -0.528. The fourth-order valence-electron chi connectivity index (χ4n) is 1.83. The number of aryl methyl sites for hydroxylation is 2. The highest BCUT2D eigenvalue weighted by molar-refractivity contribution is 6.12. The summed E-state index contributed by atoms with van der Waals surface area (Å²) < 4.78 is 13.6. The Kier molecular flexibility index (Phi) is 3.15. The van der Waals surface area contributed by atoms with E-state index in [1.165, 1.54) is 12.1 Å². The summed E-state index contributed by atoms with van der Waals surface area (Å²) in [4.78, 5) is 12.2. The van der Waals surface area contributed by atoms with Gasteiger partial charge in [-0.15, -0.1) is 0 Å². The number of halogens is 1. The normalized spacial score (nSPS) is 10.4. The van der Waals surface area contributed by atoms with Gasteiger partial charge in [0.1, 0.15) is 5.82 Å². The molecule has 0 spiro atoms. The van der Waals surface area contributed by atoms with E-state index in [-0.39, 0.29) is 11.3 Å². The van der Waals surface area contributed by atoms with Crippen LogP contribution in [-0.2, 0) is 0 Å². The molecule has 92 valence electrons. The van der Waals surface area contributed by atoms with Gasteiger partial charge in [0.25, 0.3) is 0 Å². The average molecular weight is 243 g/mol. The Morgan fingerprint density at radius 1 is 1.06 bits per heavy atom. The summed E-state index contributed by atoms with van der Waals surface area (Å²) in [5.41, 5.74) is 8.59. The summed E-state index contributed by atoms with van der Waals surface area (Å²) in [7, 11) is 0. The van der Waals surface area contributed by atoms with Crippen LogP contribution in [0.25, 0.3) is 0 Å². The maximum atomic E-state index is 13.6. The predicted molar refractivity (Wildman–Crippen MR) is 70.2 cm³/mol. The van der Waals surface area contributed by atoms with Crippen LogP contribution in [0.5, 0.6) is 0 Å². The lowest BCUT2D eigenvalue weighted by atomic mass is 9.97. The second-order valence-corrected chi connectivity index (χ2v) is 4.33. The molecule has 2 nitrogen and oxygen atoms in total. The molecule has 0 amide bonds. The van der Waals surface area contributed by atoms with Gasteiger partial charge in [0.15, 0.2) is 5.78 Å². The second-order valence-electron chi connectivity index (χ2n) is 4.33. The first-order valence-electron chi connectivity index (χ1n) is 5.66. The van der Waals surface area contributed by atoms with Gasteiger partial charge in [-0.1, -0.05) is 12.1 Å². The van der Waals surface area contributed by atoms with Crippen LogP contribution in [0.3, 0.4) is 0 Å². The van der Waals surface area contributed by atoms with Crippen LogP contribution in [0.15, 0.2) is 36.4 Å². The van der Waals surface area contributed by atoms with Crippen molar-refractivity contribution in [3.63, 3.8) is 0 Å². The lowest BCUT2D eigenvalue weighted by Crippen LogP contribution is -2.08. The van der Waals surface area contributed by atoms with Crippen LogP contribution in [0, 0.1) is 19.7 Å². The Hall–Kier alpha value is -2.16. The molecule has 2 aromatic rings. The van der Waals surface area contributed by atoms with Gasteiger partial charge in [0.05, 0.1) is 5.56 Å². The van der Waals surface area contributed by atoms with E-state index in [0.29, 0.717) is 11.3 Å². The summed E-state index contributed by atoms with van der Waals surface area (Å²) in [5, 5.41) is 0. The minimum absolute atomic E-state index is 0.0486. The molecule has 2 rings (SSSR count). The molecule has 18 heavy (non-hydrogen) atoms. The lowest BCUT2D eigenvalue weighted by molar-refractivity contribution is 0.103.